The maximum absolute atomic E-state index is 11.8. The van der Waals surface area contributed by atoms with Gasteiger partial charge in [0.25, 0.3) is 0 Å². The van der Waals surface area contributed by atoms with Crippen LogP contribution >= 0.6 is 0 Å². The van der Waals surface area contributed by atoms with Crippen molar-refractivity contribution in [2.75, 3.05) is 18.5 Å². The van der Waals surface area contributed by atoms with Crippen LogP contribution in [0.5, 0.6) is 0 Å². The molecule has 2 rings (SSSR count). The molecule has 24 heavy (non-hydrogen) atoms. The summed E-state index contributed by atoms with van der Waals surface area (Å²) in [6.45, 7) is 0.585. The van der Waals surface area contributed by atoms with Crippen molar-refractivity contribution in [3.63, 3.8) is 0 Å². The van der Waals surface area contributed by atoms with Crippen molar-refractivity contribution >= 4 is 18.8 Å². The molecule has 0 bridgehead atoms. The van der Waals surface area contributed by atoms with Crippen LogP contribution in [0.15, 0.2) is 30.3 Å². The van der Waals surface area contributed by atoms with Crippen molar-refractivity contribution in [3.8, 4) is 0 Å². The summed E-state index contributed by atoms with van der Waals surface area (Å²) in [4.78, 5) is 13.9. The molecule has 1 fully saturated rings. The number of hydrogen-bond donors (Lipinski definition) is 4. The third kappa shape index (κ3) is 4.50. The maximum Gasteiger partial charge on any atom is 0.451 e. The van der Waals surface area contributed by atoms with Crippen LogP contribution in [0.1, 0.15) is 25.7 Å². The van der Waals surface area contributed by atoms with Gasteiger partial charge >= 0.3 is 13.1 Å². The molecule has 0 aliphatic heterocycles. The number of carbonyl (C=O) groups is 1. The van der Waals surface area contributed by atoms with Gasteiger partial charge in [-0.25, -0.2) is 0 Å². The van der Waals surface area contributed by atoms with Crippen LogP contribution in [0, 0.1) is 11.8 Å². The minimum atomic E-state index is -1.34. The van der Waals surface area contributed by atoms with E-state index < -0.39 is 18.6 Å². The van der Waals surface area contributed by atoms with Gasteiger partial charge in [-0.05, 0) is 43.6 Å². The summed E-state index contributed by atoms with van der Waals surface area (Å²) in [6, 6.07) is 9.84. The molecular weight excluding hydrogens is 307 g/mol. The summed E-state index contributed by atoms with van der Waals surface area (Å²) in [5.41, 5.74) is 6.08. The van der Waals surface area contributed by atoms with E-state index in [9.17, 15) is 9.90 Å². The zero-order valence-corrected chi connectivity index (χ0v) is 14.1. The number of nitrogens with two attached hydrogens (primary N) is 1. The number of hydrogen-bond acceptors (Lipinski definition) is 5. The second kappa shape index (κ2) is 8.01. The van der Waals surface area contributed by atoms with Crippen LogP contribution in [0.2, 0.25) is 6.32 Å². The van der Waals surface area contributed by atoms with E-state index in [2.05, 4.69) is 0 Å². The van der Waals surface area contributed by atoms with E-state index in [0.717, 1.165) is 18.5 Å². The fraction of sp³-hybridized carbons (Fsp3) is 0.588. The lowest BCUT2D eigenvalue weighted by atomic mass is 9.66. The number of carboxylic acid groups (broad SMARTS) is 1. The van der Waals surface area contributed by atoms with Gasteiger partial charge in [0, 0.05) is 25.2 Å². The van der Waals surface area contributed by atoms with Crippen molar-refractivity contribution in [1.82, 2.24) is 0 Å². The lowest BCUT2D eigenvalue weighted by Crippen LogP contribution is -2.59. The minimum Gasteiger partial charge on any atom is -0.480 e. The van der Waals surface area contributed by atoms with Gasteiger partial charge in [0.2, 0.25) is 0 Å². The molecule has 1 unspecified atom stereocenters. The van der Waals surface area contributed by atoms with E-state index >= 15 is 0 Å². The predicted octanol–water partition coefficient (Wildman–Crippen LogP) is 1.18. The van der Waals surface area contributed by atoms with Gasteiger partial charge in [0.15, 0.2) is 0 Å². The Kier molecular flexibility index (Phi) is 6.26. The van der Waals surface area contributed by atoms with Gasteiger partial charge in [-0.1, -0.05) is 24.6 Å². The van der Waals surface area contributed by atoms with Gasteiger partial charge in [0.1, 0.15) is 5.54 Å². The van der Waals surface area contributed by atoms with Crippen molar-refractivity contribution in [2.24, 2.45) is 17.6 Å². The molecular formula is C17H27BN2O4. The van der Waals surface area contributed by atoms with Gasteiger partial charge < -0.3 is 25.8 Å². The van der Waals surface area contributed by atoms with E-state index in [1.165, 1.54) is 0 Å². The molecule has 1 saturated carbocycles. The highest BCUT2D eigenvalue weighted by Crippen LogP contribution is 2.39. The summed E-state index contributed by atoms with van der Waals surface area (Å²) >= 11 is 0. The molecule has 0 heterocycles. The van der Waals surface area contributed by atoms with Crippen molar-refractivity contribution in [1.29, 1.82) is 0 Å². The first-order valence-corrected chi connectivity index (χ1v) is 8.47. The third-order valence-corrected chi connectivity index (χ3v) is 5.20. The number of rotatable bonds is 7. The zero-order valence-electron chi connectivity index (χ0n) is 14.1. The first-order chi connectivity index (χ1) is 11.3. The highest BCUT2D eigenvalue weighted by Gasteiger charge is 2.47. The Hall–Kier alpha value is -1.57. The standard InChI is InChI=1S/C17H27BN2O4/c1-20(15-5-3-2-4-6-15)12-14-8-7-13(9-10-18(23)24)11-17(14,19)16(21)22/h2-6,13-14,23-24H,7-12,19H2,1H3,(H,21,22)/t13?,14-,17+/m0/s1. The van der Waals surface area contributed by atoms with Gasteiger partial charge in [-0.3, -0.25) is 4.79 Å². The molecule has 7 heteroatoms. The Morgan fingerprint density at radius 1 is 1.33 bits per heavy atom. The molecule has 3 atom stereocenters. The second-order valence-electron chi connectivity index (χ2n) is 6.96. The highest BCUT2D eigenvalue weighted by molar-refractivity contribution is 6.40. The quantitative estimate of drug-likeness (QED) is 0.558. The zero-order chi connectivity index (χ0) is 17.7. The molecule has 6 nitrogen and oxygen atoms in total. The summed E-state index contributed by atoms with van der Waals surface area (Å²) in [6.07, 6.45) is 2.82. The Labute approximate surface area is 143 Å². The Morgan fingerprint density at radius 2 is 2.00 bits per heavy atom. The van der Waals surface area contributed by atoms with Crippen LogP contribution in [-0.4, -0.2) is 47.4 Å². The van der Waals surface area contributed by atoms with Crippen LogP contribution in [-0.2, 0) is 4.79 Å². The number of para-hydroxylation sites is 1. The highest BCUT2D eigenvalue weighted by atomic mass is 16.4. The number of benzene rings is 1. The van der Waals surface area contributed by atoms with E-state index in [1.807, 2.05) is 42.3 Å². The molecule has 0 saturated heterocycles. The number of anilines is 1. The molecule has 0 spiro atoms. The molecule has 1 aromatic rings. The Bertz CT molecular complexity index is 543. The minimum absolute atomic E-state index is 0.117. The van der Waals surface area contributed by atoms with Crippen LogP contribution in [0.4, 0.5) is 5.69 Å². The number of carboxylic acids is 1. The lowest BCUT2D eigenvalue weighted by molar-refractivity contribution is -0.147. The third-order valence-electron chi connectivity index (χ3n) is 5.20. The summed E-state index contributed by atoms with van der Waals surface area (Å²) in [5.74, 6) is -0.995. The topological polar surface area (TPSA) is 107 Å². The van der Waals surface area contributed by atoms with Crippen molar-refractivity contribution in [3.05, 3.63) is 30.3 Å². The second-order valence-corrected chi connectivity index (χ2v) is 6.96. The summed E-state index contributed by atoms with van der Waals surface area (Å²) in [7, 11) is 0.607. The average Bonchev–Trinajstić information content (AvgIpc) is 2.55. The van der Waals surface area contributed by atoms with Crippen LogP contribution in [0.3, 0.4) is 0 Å². The number of nitrogens with zero attached hydrogens (tertiary/aromatic N) is 1. The van der Waals surface area contributed by atoms with Gasteiger partial charge in [-0.15, -0.1) is 0 Å². The fourth-order valence-electron chi connectivity index (χ4n) is 3.71. The fourth-order valence-corrected chi connectivity index (χ4v) is 3.71. The van der Waals surface area contributed by atoms with Crippen LogP contribution in [0.25, 0.3) is 0 Å². The molecule has 1 aliphatic carbocycles. The Balaban J connectivity index is 2.05. The lowest BCUT2D eigenvalue weighted by Gasteiger charge is -2.43. The molecule has 0 radical (unpaired) electrons. The van der Waals surface area contributed by atoms with Crippen LogP contribution < -0.4 is 10.6 Å². The smallest absolute Gasteiger partial charge is 0.451 e. The van der Waals surface area contributed by atoms with E-state index in [1.54, 1.807) is 0 Å². The summed E-state index contributed by atoms with van der Waals surface area (Å²) in [5, 5.41) is 27.7. The monoisotopic (exact) mass is 334 g/mol. The van der Waals surface area contributed by atoms with E-state index in [-0.39, 0.29) is 18.2 Å². The molecule has 132 valence electrons. The van der Waals surface area contributed by atoms with Crippen molar-refractivity contribution in [2.45, 2.75) is 37.5 Å². The van der Waals surface area contributed by atoms with Gasteiger partial charge in [-0.2, -0.15) is 0 Å². The summed E-state index contributed by atoms with van der Waals surface area (Å²) < 4.78 is 0. The van der Waals surface area contributed by atoms with Crippen molar-refractivity contribution < 1.29 is 19.9 Å². The normalized spacial score (nSPS) is 26.8. The average molecular weight is 334 g/mol. The van der Waals surface area contributed by atoms with Gasteiger partial charge in [0.05, 0.1) is 0 Å². The predicted molar refractivity (Wildman–Crippen MR) is 94.7 cm³/mol. The number of aliphatic carboxylic acids is 1. The first-order valence-electron chi connectivity index (χ1n) is 8.47. The van der Waals surface area contributed by atoms with E-state index in [0.29, 0.717) is 19.4 Å². The molecule has 1 aromatic carbocycles. The molecule has 1 aliphatic rings. The first kappa shape index (κ1) is 18.8. The van der Waals surface area contributed by atoms with E-state index in [4.69, 9.17) is 15.8 Å². The SMILES string of the molecule is CN(C[C@@H]1CCC(CCB(O)O)C[C@]1(N)C(=O)O)c1ccccc1. The molecule has 0 aromatic heterocycles. The molecule has 5 N–H and O–H groups in total. The largest absolute Gasteiger partial charge is 0.480 e. The Morgan fingerprint density at radius 3 is 2.58 bits per heavy atom. The maximum atomic E-state index is 11.8. The molecule has 0 amide bonds.